The Morgan fingerprint density at radius 3 is 2.47 bits per heavy atom. The number of benzene rings is 1. The Morgan fingerprint density at radius 1 is 1.29 bits per heavy atom. The van der Waals surface area contributed by atoms with E-state index in [9.17, 15) is 13.3 Å². The van der Waals surface area contributed by atoms with E-state index in [1.165, 1.54) is 24.3 Å². The van der Waals surface area contributed by atoms with Crippen LogP contribution in [0.5, 0.6) is 0 Å². The van der Waals surface area contributed by atoms with Crippen LogP contribution in [-0.2, 0) is 10.0 Å². The maximum atomic E-state index is 11.6. The molecule has 0 aliphatic rings. The van der Waals surface area contributed by atoms with E-state index >= 15 is 0 Å². The fourth-order valence-electron chi connectivity index (χ4n) is 1.04. The standard InChI is InChI=1S/C8H9N5O3S/c9-13-10-5-6-11-17(15,16)8-3-1-7(12-14)2-4-8/h1-4,11H,5-6H2. The van der Waals surface area contributed by atoms with Crippen molar-refractivity contribution in [2.75, 3.05) is 13.1 Å². The zero-order valence-electron chi connectivity index (χ0n) is 8.65. The third-order valence-electron chi connectivity index (χ3n) is 1.82. The molecule has 0 aromatic heterocycles. The number of hydrogen-bond donors (Lipinski definition) is 1. The topological polar surface area (TPSA) is 124 Å². The van der Waals surface area contributed by atoms with Gasteiger partial charge < -0.3 is 0 Å². The summed E-state index contributed by atoms with van der Waals surface area (Å²) < 4.78 is 25.5. The molecule has 0 aliphatic carbocycles. The molecule has 0 amide bonds. The van der Waals surface area contributed by atoms with Gasteiger partial charge in [-0.15, -0.1) is 4.91 Å². The molecule has 0 heterocycles. The molecule has 17 heavy (non-hydrogen) atoms. The van der Waals surface area contributed by atoms with Gasteiger partial charge in [0.25, 0.3) is 0 Å². The van der Waals surface area contributed by atoms with Crippen LogP contribution < -0.4 is 4.72 Å². The van der Waals surface area contributed by atoms with E-state index in [2.05, 4.69) is 19.9 Å². The first kappa shape index (κ1) is 13.1. The smallest absolute Gasteiger partial charge is 0.211 e. The molecule has 0 aliphatic heterocycles. The molecule has 90 valence electrons. The summed E-state index contributed by atoms with van der Waals surface area (Å²) in [5, 5.41) is 5.85. The first-order valence-electron chi connectivity index (χ1n) is 4.54. The fraction of sp³-hybridized carbons (Fsp3) is 0.250. The molecule has 0 saturated carbocycles. The summed E-state index contributed by atoms with van der Waals surface area (Å²) >= 11 is 0. The van der Waals surface area contributed by atoms with E-state index in [1.807, 2.05) is 0 Å². The van der Waals surface area contributed by atoms with Crippen LogP contribution >= 0.6 is 0 Å². The number of sulfonamides is 1. The largest absolute Gasteiger partial charge is 0.240 e. The zero-order chi connectivity index (χ0) is 12.7. The molecular weight excluding hydrogens is 246 g/mol. The Kier molecular flexibility index (Phi) is 4.58. The van der Waals surface area contributed by atoms with E-state index in [4.69, 9.17) is 5.53 Å². The third kappa shape index (κ3) is 3.83. The van der Waals surface area contributed by atoms with Crippen molar-refractivity contribution < 1.29 is 8.42 Å². The highest BCUT2D eigenvalue weighted by Crippen LogP contribution is 2.15. The fourth-order valence-corrected chi connectivity index (χ4v) is 2.07. The Labute approximate surface area is 97.3 Å². The first-order valence-corrected chi connectivity index (χ1v) is 6.02. The van der Waals surface area contributed by atoms with Crippen molar-refractivity contribution in [1.29, 1.82) is 0 Å². The lowest BCUT2D eigenvalue weighted by atomic mass is 10.3. The summed E-state index contributed by atoms with van der Waals surface area (Å²) in [5.74, 6) is 0. The Morgan fingerprint density at radius 2 is 1.94 bits per heavy atom. The Hall–Kier alpha value is -1.96. The number of hydrogen-bond acceptors (Lipinski definition) is 5. The van der Waals surface area contributed by atoms with Gasteiger partial charge >= 0.3 is 0 Å². The van der Waals surface area contributed by atoms with Gasteiger partial charge in [-0.1, -0.05) is 5.11 Å². The van der Waals surface area contributed by atoms with Crippen LogP contribution in [0, 0.1) is 4.91 Å². The maximum absolute atomic E-state index is 11.6. The number of nitrogens with one attached hydrogen (secondary N) is 1. The second kappa shape index (κ2) is 5.94. The minimum Gasteiger partial charge on any atom is -0.211 e. The number of nitrogens with zero attached hydrogens (tertiary/aromatic N) is 4. The molecule has 0 spiro atoms. The van der Waals surface area contributed by atoms with Gasteiger partial charge in [-0.3, -0.25) is 0 Å². The van der Waals surface area contributed by atoms with Gasteiger partial charge in [-0.25, -0.2) is 13.1 Å². The SMILES string of the molecule is [N-]=[N+]=NCCNS(=O)(=O)c1ccc(N=O)cc1. The molecular formula is C8H9N5O3S. The molecule has 0 radical (unpaired) electrons. The number of nitroso groups, excluding NO2 is 1. The van der Waals surface area contributed by atoms with Gasteiger partial charge in [-0.2, -0.15) is 0 Å². The van der Waals surface area contributed by atoms with Crippen molar-refractivity contribution in [2.45, 2.75) is 4.90 Å². The van der Waals surface area contributed by atoms with Crippen LogP contribution in [0.15, 0.2) is 39.5 Å². The van der Waals surface area contributed by atoms with Crippen molar-refractivity contribution >= 4 is 15.7 Å². The summed E-state index contributed by atoms with van der Waals surface area (Å²) in [7, 11) is -3.64. The highest BCUT2D eigenvalue weighted by molar-refractivity contribution is 7.89. The van der Waals surface area contributed by atoms with Crippen molar-refractivity contribution in [2.24, 2.45) is 10.3 Å². The molecule has 0 unspecified atom stereocenters. The predicted octanol–water partition coefficient (Wildman–Crippen LogP) is 1.67. The predicted molar refractivity (Wildman–Crippen MR) is 61.1 cm³/mol. The van der Waals surface area contributed by atoms with Crippen LogP contribution in [-0.4, -0.2) is 21.5 Å². The molecule has 1 N–H and O–H groups in total. The molecule has 0 saturated heterocycles. The quantitative estimate of drug-likeness (QED) is 0.273. The van der Waals surface area contributed by atoms with Crippen molar-refractivity contribution in [1.82, 2.24) is 4.72 Å². The highest BCUT2D eigenvalue weighted by Gasteiger charge is 2.12. The van der Waals surface area contributed by atoms with Crippen LogP contribution in [0.2, 0.25) is 0 Å². The zero-order valence-corrected chi connectivity index (χ0v) is 9.46. The summed E-state index contributed by atoms with van der Waals surface area (Å²) in [6, 6.07) is 5.14. The average molecular weight is 255 g/mol. The molecule has 0 atom stereocenters. The van der Waals surface area contributed by atoms with E-state index in [1.54, 1.807) is 0 Å². The average Bonchev–Trinajstić information content (AvgIpc) is 2.35. The van der Waals surface area contributed by atoms with Gasteiger partial charge in [0.2, 0.25) is 10.0 Å². The minimum atomic E-state index is -3.64. The molecule has 9 heteroatoms. The van der Waals surface area contributed by atoms with Crippen LogP contribution in [0.4, 0.5) is 5.69 Å². The summed E-state index contributed by atoms with van der Waals surface area (Å²) in [6.45, 7) is 0.0454. The molecule has 0 bridgehead atoms. The van der Waals surface area contributed by atoms with E-state index in [-0.39, 0.29) is 23.7 Å². The first-order chi connectivity index (χ1) is 8.10. The molecule has 1 aromatic rings. The normalized spacial score (nSPS) is 10.6. The number of rotatable bonds is 6. The second-order valence-electron chi connectivity index (χ2n) is 2.94. The van der Waals surface area contributed by atoms with E-state index < -0.39 is 10.0 Å². The molecule has 0 fully saturated rings. The minimum absolute atomic E-state index is 0.0140. The van der Waals surface area contributed by atoms with Gasteiger partial charge in [0, 0.05) is 18.0 Å². The summed E-state index contributed by atoms with van der Waals surface area (Å²) in [4.78, 5) is 12.7. The van der Waals surface area contributed by atoms with Crippen molar-refractivity contribution in [3.05, 3.63) is 39.6 Å². The van der Waals surface area contributed by atoms with Gasteiger partial charge in [-0.05, 0) is 35.0 Å². The van der Waals surface area contributed by atoms with Gasteiger partial charge in [0.1, 0.15) is 5.69 Å². The lowest BCUT2D eigenvalue weighted by Gasteiger charge is -2.04. The molecule has 8 nitrogen and oxygen atoms in total. The summed E-state index contributed by atoms with van der Waals surface area (Å²) in [5.41, 5.74) is 8.16. The monoisotopic (exact) mass is 255 g/mol. The van der Waals surface area contributed by atoms with Crippen LogP contribution in [0.1, 0.15) is 0 Å². The Bertz CT molecular complexity index is 533. The van der Waals surface area contributed by atoms with Crippen LogP contribution in [0.25, 0.3) is 10.4 Å². The highest BCUT2D eigenvalue weighted by atomic mass is 32.2. The van der Waals surface area contributed by atoms with E-state index in [0.717, 1.165) is 0 Å². The lowest BCUT2D eigenvalue weighted by molar-refractivity contribution is 0.582. The molecule has 1 rings (SSSR count). The molecule has 1 aromatic carbocycles. The second-order valence-corrected chi connectivity index (χ2v) is 4.70. The maximum Gasteiger partial charge on any atom is 0.240 e. The number of azide groups is 1. The summed E-state index contributed by atoms with van der Waals surface area (Å²) in [6.07, 6.45) is 0. The third-order valence-corrected chi connectivity index (χ3v) is 3.30. The van der Waals surface area contributed by atoms with Crippen LogP contribution in [0.3, 0.4) is 0 Å². The Balaban J connectivity index is 2.74. The van der Waals surface area contributed by atoms with Gasteiger partial charge in [0.15, 0.2) is 0 Å². The lowest BCUT2D eigenvalue weighted by Crippen LogP contribution is -2.26. The van der Waals surface area contributed by atoms with Gasteiger partial charge in [0.05, 0.1) is 4.90 Å². The van der Waals surface area contributed by atoms with Crippen molar-refractivity contribution in [3.8, 4) is 0 Å². The van der Waals surface area contributed by atoms with E-state index in [0.29, 0.717) is 0 Å². The van der Waals surface area contributed by atoms with Crippen molar-refractivity contribution in [3.63, 3.8) is 0 Å².